The molecule has 0 radical (unpaired) electrons. The third-order valence-electron chi connectivity index (χ3n) is 3.63. The zero-order chi connectivity index (χ0) is 20.9. The number of amides is 2. The number of benzene rings is 2. The number of para-hydroxylation sites is 2. The lowest BCUT2D eigenvalue weighted by Crippen LogP contribution is -2.37. The molecule has 0 aliphatic carbocycles. The van der Waals surface area contributed by atoms with Crippen molar-refractivity contribution in [3.05, 3.63) is 69.8 Å². The number of rotatable bonds is 5. The van der Waals surface area contributed by atoms with E-state index in [4.69, 9.17) is 0 Å². The van der Waals surface area contributed by atoms with Crippen LogP contribution in [0.5, 0.6) is 0 Å². The van der Waals surface area contributed by atoms with E-state index in [-0.39, 0.29) is 11.3 Å². The number of hydrogen-bond acceptors (Lipinski definition) is 5. The number of nitrogens with zero attached hydrogens (tertiary/aromatic N) is 1. The summed E-state index contributed by atoms with van der Waals surface area (Å²) in [6.45, 7) is -0.450. The number of nitrogens with one attached hydrogen (secondary N) is 2. The predicted octanol–water partition coefficient (Wildman–Crippen LogP) is 2.40. The summed E-state index contributed by atoms with van der Waals surface area (Å²) in [5.74, 6) is -2.38. The van der Waals surface area contributed by atoms with Crippen LogP contribution < -0.4 is 10.6 Å². The molecule has 0 bridgehead atoms. The number of hydrogen-bond donors (Lipinski definition) is 3. The Morgan fingerprint density at radius 2 is 1.68 bits per heavy atom. The van der Waals surface area contributed by atoms with Gasteiger partial charge in [0.1, 0.15) is 5.69 Å². The molecule has 8 nitrogen and oxygen atoms in total. The molecule has 0 aliphatic heterocycles. The van der Waals surface area contributed by atoms with Crippen molar-refractivity contribution in [1.82, 2.24) is 5.32 Å². The Kier molecular flexibility index (Phi) is 6.31. The van der Waals surface area contributed by atoms with E-state index in [1.807, 2.05) is 0 Å². The molecule has 0 saturated heterocycles. The second-order valence-corrected chi connectivity index (χ2v) is 5.57. The average molecular weight is 397 g/mol. The van der Waals surface area contributed by atoms with Gasteiger partial charge in [0.15, 0.2) is 0 Å². The van der Waals surface area contributed by atoms with Crippen LogP contribution in [0.4, 0.5) is 24.5 Å². The maximum Gasteiger partial charge on any atom is 0.416 e. The summed E-state index contributed by atoms with van der Waals surface area (Å²) in [5, 5.41) is 25.0. The fourth-order valence-corrected chi connectivity index (χ4v) is 2.20. The van der Waals surface area contributed by atoms with E-state index in [9.17, 15) is 38.0 Å². The molecule has 2 amide bonds. The summed E-state index contributed by atoms with van der Waals surface area (Å²) in [7, 11) is 0. The first-order valence-corrected chi connectivity index (χ1v) is 7.77. The van der Waals surface area contributed by atoms with E-state index in [0.29, 0.717) is 0 Å². The minimum atomic E-state index is -4.52. The van der Waals surface area contributed by atoms with Crippen LogP contribution in [0.2, 0.25) is 0 Å². The SMILES string of the molecule is O=C(NCC(O)c1ccc(C(F)(F)F)cc1)C(=O)Nc1ccccc1[N+](=O)[O-]. The number of aliphatic hydroxyl groups is 1. The van der Waals surface area contributed by atoms with E-state index in [1.165, 1.54) is 18.2 Å². The number of nitro benzene ring substituents is 1. The van der Waals surface area contributed by atoms with E-state index in [0.717, 1.165) is 30.3 Å². The number of carbonyl (C=O) groups is 2. The third kappa shape index (κ3) is 5.27. The summed E-state index contributed by atoms with van der Waals surface area (Å²) in [4.78, 5) is 33.8. The van der Waals surface area contributed by atoms with E-state index in [1.54, 1.807) is 0 Å². The van der Waals surface area contributed by atoms with Crippen LogP contribution >= 0.6 is 0 Å². The van der Waals surface area contributed by atoms with Crippen LogP contribution in [0.25, 0.3) is 0 Å². The molecule has 148 valence electrons. The summed E-state index contributed by atoms with van der Waals surface area (Å²) >= 11 is 0. The molecule has 0 spiro atoms. The molecule has 2 aromatic carbocycles. The van der Waals surface area contributed by atoms with Crippen LogP contribution in [-0.2, 0) is 15.8 Å². The van der Waals surface area contributed by atoms with Gasteiger partial charge in [-0.05, 0) is 23.8 Å². The molecular formula is C17H14F3N3O5. The second-order valence-electron chi connectivity index (χ2n) is 5.57. The van der Waals surface area contributed by atoms with Crippen LogP contribution in [0, 0.1) is 10.1 Å². The quantitative estimate of drug-likeness (QED) is 0.406. The highest BCUT2D eigenvalue weighted by molar-refractivity contribution is 6.39. The van der Waals surface area contributed by atoms with Gasteiger partial charge in [0.25, 0.3) is 5.69 Å². The van der Waals surface area contributed by atoms with Gasteiger partial charge >= 0.3 is 18.0 Å². The number of halogens is 3. The zero-order valence-electron chi connectivity index (χ0n) is 14.1. The molecule has 28 heavy (non-hydrogen) atoms. The standard InChI is InChI=1S/C17H14F3N3O5/c18-17(19,20)11-7-5-10(6-8-11)14(24)9-21-15(25)16(26)22-12-3-1-2-4-13(12)23(27)28/h1-8,14,24H,9H2,(H,21,25)(H,22,26). The largest absolute Gasteiger partial charge is 0.416 e. The summed E-state index contributed by atoms with van der Waals surface area (Å²) in [5.41, 5.74) is -1.38. The van der Waals surface area contributed by atoms with Gasteiger partial charge in [-0.25, -0.2) is 0 Å². The van der Waals surface area contributed by atoms with Crippen LogP contribution in [0.15, 0.2) is 48.5 Å². The highest BCUT2D eigenvalue weighted by Crippen LogP contribution is 2.29. The van der Waals surface area contributed by atoms with Crippen LogP contribution in [-0.4, -0.2) is 28.4 Å². The molecule has 1 unspecified atom stereocenters. The summed E-state index contributed by atoms with van der Waals surface area (Å²) in [6.07, 6.45) is -5.87. The molecule has 0 fully saturated rings. The number of nitro groups is 1. The van der Waals surface area contributed by atoms with Crippen LogP contribution in [0.1, 0.15) is 17.2 Å². The smallest absolute Gasteiger partial charge is 0.387 e. The molecule has 0 saturated carbocycles. The molecule has 2 aromatic rings. The fourth-order valence-electron chi connectivity index (χ4n) is 2.20. The Hall–Kier alpha value is -3.47. The van der Waals surface area contributed by atoms with Gasteiger partial charge in [0.2, 0.25) is 0 Å². The zero-order valence-corrected chi connectivity index (χ0v) is 14.1. The molecule has 0 aromatic heterocycles. The van der Waals surface area contributed by atoms with Gasteiger partial charge in [0.05, 0.1) is 16.6 Å². The van der Waals surface area contributed by atoms with Gasteiger partial charge in [-0.15, -0.1) is 0 Å². The van der Waals surface area contributed by atoms with E-state index in [2.05, 4.69) is 10.6 Å². The number of alkyl halides is 3. The van der Waals surface area contributed by atoms with Gasteiger partial charge in [0, 0.05) is 12.6 Å². The minimum absolute atomic E-state index is 0.104. The van der Waals surface area contributed by atoms with Crippen molar-refractivity contribution in [3.8, 4) is 0 Å². The lowest BCUT2D eigenvalue weighted by Gasteiger charge is -2.13. The van der Waals surface area contributed by atoms with Gasteiger partial charge in [-0.2, -0.15) is 13.2 Å². The van der Waals surface area contributed by atoms with Gasteiger partial charge in [-0.3, -0.25) is 19.7 Å². The monoisotopic (exact) mass is 397 g/mol. The molecule has 0 aliphatic rings. The lowest BCUT2D eigenvalue weighted by molar-refractivity contribution is -0.383. The predicted molar refractivity (Wildman–Crippen MR) is 91.1 cm³/mol. The molecule has 3 N–H and O–H groups in total. The Labute approximate surface area is 156 Å². The number of carbonyl (C=O) groups excluding carboxylic acids is 2. The second kappa shape index (κ2) is 8.48. The molecule has 2 rings (SSSR count). The Morgan fingerprint density at radius 1 is 1.07 bits per heavy atom. The molecule has 0 heterocycles. The van der Waals surface area contributed by atoms with E-state index >= 15 is 0 Å². The van der Waals surface area contributed by atoms with Gasteiger partial charge < -0.3 is 15.7 Å². The van der Waals surface area contributed by atoms with Crippen molar-refractivity contribution in [2.75, 3.05) is 11.9 Å². The van der Waals surface area contributed by atoms with Crippen molar-refractivity contribution in [2.45, 2.75) is 12.3 Å². The van der Waals surface area contributed by atoms with Crippen molar-refractivity contribution in [3.63, 3.8) is 0 Å². The Balaban J connectivity index is 1.94. The first-order chi connectivity index (χ1) is 13.1. The van der Waals surface area contributed by atoms with Crippen molar-refractivity contribution >= 4 is 23.2 Å². The summed E-state index contributed by atoms with van der Waals surface area (Å²) < 4.78 is 37.5. The van der Waals surface area contributed by atoms with Gasteiger partial charge in [-0.1, -0.05) is 24.3 Å². The first kappa shape index (κ1) is 20.8. The van der Waals surface area contributed by atoms with Crippen molar-refractivity contribution in [2.24, 2.45) is 0 Å². The van der Waals surface area contributed by atoms with Crippen molar-refractivity contribution in [1.29, 1.82) is 0 Å². The fraction of sp³-hybridized carbons (Fsp3) is 0.176. The molecule has 1 atom stereocenters. The topological polar surface area (TPSA) is 122 Å². The van der Waals surface area contributed by atoms with E-state index < -0.39 is 46.8 Å². The lowest BCUT2D eigenvalue weighted by atomic mass is 10.1. The molecule has 11 heteroatoms. The number of aliphatic hydroxyl groups excluding tert-OH is 1. The Bertz CT molecular complexity index is 884. The highest BCUT2D eigenvalue weighted by atomic mass is 19.4. The summed E-state index contributed by atoms with van der Waals surface area (Å²) in [6, 6.07) is 8.84. The Morgan fingerprint density at radius 3 is 2.25 bits per heavy atom. The first-order valence-electron chi connectivity index (χ1n) is 7.77. The third-order valence-corrected chi connectivity index (χ3v) is 3.63. The minimum Gasteiger partial charge on any atom is -0.387 e. The molecular weight excluding hydrogens is 383 g/mol. The maximum atomic E-state index is 12.5. The maximum absolute atomic E-state index is 12.5. The highest BCUT2D eigenvalue weighted by Gasteiger charge is 2.30. The normalized spacial score (nSPS) is 12.1. The average Bonchev–Trinajstić information content (AvgIpc) is 2.65. The van der Waals surface area contributed by atoms with Crippen LogP contribution in [0.3, 0.4) is 0 Å². The van der Waals surface area contributed by atoms with Crippen molar-refractivity contribution < 1.29 is 32.8 Å². The number of anilines is 1.